The third-order valence-corrected chi connectivity index (χ3v) is 18.2. The number of hydrogen-bond acceptors (Lipinski definition) is 24. The molecule has 1 fully saturated rings. The van der Waals surface area contributed by atoms with Crippen LogP contribution in [0.15, 0.2) is 30.3 Å². The molecule has 0 unspecified atom stereocenters. The molecule has 2 rings (SSSR count). The van der Waals surface area contributed by atoms with Crippen molar-refractivity contribution in [3.63, 3.8) is 0 Å². The molecule has 1 aromatic rings. The van der Waals surface area contributed by atoms with Crippen molar-refractivity contribution in [3.8, 4) is 0 Å². The number of aliphatic carboxylic acids is 3. The van der Waals surface area contributed by atoms with Crippen LogP contribution in [0.2, 0.25) is 0 Å². The Morgan fingerprint density at radius 1 is 0.417 bits per heavy atom. The summed E-state index contributed by atoms with van der Waals surface area (Å²) in [6.07, 6.45) is -5.19. The molecule has 47 nitrogen and oxygen atoms in total. The van der Waals surface area contributed by atoms with E-state index in [0.717, 1.165) is 11.8 Å². The Balaban J connectivity index is 2.45. The van der Waals surface area contributed by atoms with Gasteiger partial charge in [-0.2, -0.15) is 0 Å². The van der Waals surface area contributed by atoms with Crippen LogP contribution in [0, 0.1) is 28.6 Å². The van der Waals surface area contributed by atoms with Gasteiger partial charge in [0, 0.05) is 32.5 Å². The number of guanidine groups is 2. The lowest BCUT2D eigenvalue weighted by Crippen LogP contribution is -2.61. The van der Waals surface area contributed by atoms with E-state index in [1.165, 1.54) is 6.92 Å². The summed E-state index contributed by atoms with van der Waals surface area (Å²) in [5.74, 6) is -24.4. The normalized spacial score (nSPS) is 15.8. The number of aliphatic hydroxyl groups is 2. The molecule has 15 atom stereocenters. The number of nitrogens with one attached hydrogen (secondary N) is 17. The van der Waals surface area contributed by atoms with Crippen molar-refractivity contribution >= 4 is 124 Å². The summed E-state index contributed by atoms with van der Waals surface area (Å²) < 4.78 is 0. The maximum absolute atomic E-state index is 14.7. The fourth-order valence-electron chi connectivity index (χ4n) is 12.1. The Kier molecular flexibility index (Phi) is 45.2. The number of likely N-dealkylation sites (tertiary alicyclic amines) is 1. The highest BCUT2D eigenvalue weighted by atomic mass is 16.4. The fourth-order valence-corrected chi connectivity index (χ4v) is 12.1. The third-order valence-electron chi connectivity index (χ3n) is 18.2. The number of rotatable bonds is 55. The van der Waals surface area contributed by atoms with Crippen LogP contribution in [0.4, 0.5) is 0 Å². The largest absolute Gasteiger partial charge is 0.481 e. The van der Waals surface area contributed by atoms with E-state index in [1.807, 2.05) is 0 Å². The Hall–Kier alpha value is -12.4. The van der Waals surface area contributed by atoms with Gasteiger partial charge in [0.15, 0.2) is 11.9 Å². The number of carbonyl (C=O) groups is 19. The minimum Gasteiger partial charge on any atom is -0.481 e. The fraction of sp³-hybridized carbons (Fsp3) is 0.630. The monoisotopic (exact) mass is 1700 g/mol. The lowest BCUT2D eigenvalue weighted by molar-refractivity contribution is -0.144. The number of hydrogen-bond donors (Lipinski definition) is 27. The average Bonchev–Trinajstić information content (AvgIpc) is 1.64. The molecular formula is C73H119N23O24. The van der Waals surface area contributed by atoms with Crippen LogP contribution >= 0.6 is 0 Å². The summed E-state index contributed by atoms with van der Waals surface area (Å²) in [6.45, 7) is 10.2. The lowest BCUT2D eigenvalue weighted by atomic mass is 9.99. The highest BCUT2D eigenvalue weighted by Gasteiger charge is 2.43. The van der Waals surface area contributed by atoms with E-state index in [4.69, 9.17) is 39.5 Å². The highest BCUT2D eigenvalue weighted by molar-refractivity contribution is 6.02. The van der Waals surface area contributed by atoms with Crippen LogP contribution in [0.25, 0.3) is 0 Å². The van der Waals surface area contributed by atoms with Crippen LogP contribution in [0.5, 0.6) is 0 Å². The van der Waals surface area contributed by atoms with Gasteiger partial charge >= 0.3 is 17.9 Å². The number of carbonyl (C=O) groups excluding carboxylic acids is 16. The number of carboxylic acid groups (broad SMARTS) is 3. The smallest absolute Gasteiger partial charge is 0.326 e. The predicted octanol–water partition coefficient (Wildman–Crippen LogP) is -9.29. The van der Waals surface area contributed by atoms with Crippen molar-refractivity contribution < 1.29 is 117 Å². The quantitative estimate of drug-likeness (QED) is 0.0164. The first-order valence-corrected chi connectivity index (χ1v) is 38.8. The molecule has 0 bridgehead atoms. The van der Waals surface area contributed by atoms with Crippen LogP contribution in [-0.2, 0) is 97.5 Å². The zero-order valence-corrected chi connectivity index (χ0v) is 68.2. The number of amides is 16. The van der Waals surface area contributed by atoms with Gasteiger partial charge in [-0.3, -0.25) is 97.1 Å². The Morgan fingerprint density at radius 2 is 0.783 bits per heavy atom. The maximum atomic E-state index is 14.7. The van der Waals surface area contributed by atoms with E-state index in [0.29, 0.717) is 5.56 Å². The first kappa shape index (κ1) is 104. The molecule has 1 heterocycles. The second kappa shape index (κ2) is 52.4. The van der Waals surface area contributed by atoms with Crippen LogP contribution in [-0.4, -0.2) is 278 Å². The van der Waals surface area contributed by atoms with Gasteiger partial charge in [-0.25, -0.2) is 4.79 Å². The average molecular weight is 1700 g/mol. The maximum Gasteiger partial charge on any atom is 0.326 e. The lowest BCUT2D eigenvalue weighted by Gasteiger charge is -2.31. The zero-order valence-electron chi connectivity index (χ0n) is 68.2. The van der Waals surface area contributed by atoms with E-state index in [1.54, 1.807) is 71.9 Å². The molecule has 1 aromatic carbocycles. The van der Waals surface area contributed by atoms with Crippen molar-refractivity contribution in [1.29, 1.82) is 10.8 Å². The first-order valence-electron chi connectivity index (χ1n) is 38.8. The van der Waals surface area contributed by atoms with Crippen LogP contribution in [0.3, 0.4) is 0 Å². The zero-order chi connectivity index (χ0) is 91.0. The number of carboxylic acids is 3. The molecule has 32 N–H and O–H groups in total. The van der Waals surface area contributed by atoms with Gasteiger partial charge in [0.05, 0.1) is 32.5 Å². The Morgan fingerprint density at radius 3 is 1.20 bits per heavy atom. The molecule has 120 heavy (non-hydrogen) atoms. The second-order valence-corrected chi connectivity index (χ2v) is 30.0. The van der Waals surface area contributed by atoms with Crippen molar-refractivity contribution in [3.05, 3.63) is 35.9 Å². The molecule has 0 saturated carbocycles. The number of nitrogens with two attached hydrogens (primary N) is 5. The van der Waals surface area contributed by atoms with Gasteiger partial charge in [0.25, 0.3) is 0 Å². The van der Waals surface area contributed by atoms with Crippen LogP contribution in [0.1, 0.15) is 151 Å². The minimum atomic E-state index is -2.08. The molecular weight excluding hydrogens is 1580 g/mol. The minimum absolute atomic E-state index is 0.0808. The standard InChI is InChI=1S/C73H119N23O24/c1-34(2)25-44(90-67(115)50(31-56(103)104)93-65(113)47(28-39-15-10-9-11-16-39)88-58(106)38(8)83-60(108)41(17-12-22-81-72(77)78)85-59(107)40(74)32-97)62(110)89-45(26-35(3)4)63(111)92-49(30-55(101)102)66(114)86-42(20-21-53(75)99)70(118)96-24-14-19-52(96)69(117)94-46(27-36(5)6)64(112)95-51(33-98)68(116)91-48(29-54(76)100)61(109)84-37(7)57(105)87-43(71(119)120)18-13-23-82-73(79)80/h9-11,15-16,34-38,40-52,97-98H,12-14,17-33,74H2,1-8H3,(H2,75,99)(H2,76,100)(H,83,108)(H,84,109)(H,85,107)(H,86,114)(H,87,105)(H,88,106)(H,89,110)(H,90,115)(H,91,116)(H,92,111)(H,93,113)(H,94,117)(H,95,112)(H,101,102)(H,103,104)(H,119,120)(H4,77,78,81)(H4,79,80,82)/t37-,38-,40-,41-,42-,43-,44-,45-,46-,47-,48-,49-,50-,51-,52-/m0/s1. The van der Waals surface area contributed by atoms with E-state index in [-0.39, 0.29) is 95.8 Å². The summed E-state index contributed by atoms with van der Waals surface area (Å²) in [5.41, 5.74) is 27.5. The predicted molar refractivity (Wildman–Crippen MR) is 425 cm³/mol. The van der Waals surface area contributed by atoms with Crippen molar-refractivity contribution in [2.24, 2.45) is 46.4 Å². The van der Waals surface area contributed by atoms with Crippen molar-refractivity contribution in [2.75, 3.05) is 32.8 Å². The van der Waals surface area contributed by atoms with E-state index in [2.05, 4.69) is 79.8 Å². The molecule has 670 valence electrons. The number of benzene rings is 1. The molecule has 0 aliphatic carbocycles. The van der Waals surface area contributed by atoms with Crippen LogP contribution < -0.4 is 108 Å². The molecule has 0 spiro atoms. The van der Waals surface area contributed by atoms with E-state index < -0.39 is 266 Å². The number of nitrogens with zero attached hydrogens (tertiary/aromatic N) is 1. The topological polar surface area (TPSA) is 787 Å². The number of aliphatic hydroxyl groups excluding tert-OH is 2. The van der Waals surface area contributed by atoms with Crippen molar-refractivity contribution in [1.82, 2.24) is 84.7 Å². The molecule has 16 amide bonds. The number of primary amides is 2. The van der Waals surface area contributed by atoms with Gasteiger partial charge in [-0.15, -0.1) is 0 Å². The third kappa shape index (κ3) is 38.8. The van der Waals surface area contributed by atoms with Gasteiger partial charge in [0.1, 0.15) is 90.6 Å². The highest BCUT2D eigenvalue weighted by Crippen LogP contribution is 2.22. The second-order valence-electron chi connectivity index (χ2n) is 30.0. The SMILES string of the molecule is CC(C)C[C@H](NC(=O)[C@H](CC(=O)O)NC(=O)[C@H](Cc1ccccc1)NC(=O)[C@H](C)NC(=O)[C@H](CCCNC(=N)N)NC(=O)[C@@H](N)CO)C(=O)N[C@@H](CC(C)C)C(=O)N[C@@H](CC(=O)O)C(=O)N[C@@H](CCC(N)=O)C(=O)N1CCC[C@H]1C(=O)N[C@@H](CC(C)C)C(=O)N[C@@H](CO)C(=O)N[C@@H](CC(N)=O)C(=O)N[C@@H](C)C(=O)N[C@@H](CCCNC(=N)N)C(=O)O. The Bertz CT molecular complexity index is 3780. The molecule has 0 aromatic heterocycles. The Labute approximate surface area is 691 Å². The van der Waals surface area contributed by atoms with Gasteiger partial charge < -0.3 is 139 Å². The summed E-state index contributed by atoms with van der Waals surface area (Å²) >= 11 is 0. The summed E-state index contributed by atoms with van der Waals surface area (Å²) in [7, 11) is 0. The van der Waals surface area contributed by atoms with Gasteiger partial charge in [0.2, 0.25) is 94.5 Å². The summed E-state index contributed by atoms with van der Waals surface area (Å²) in [4.78, 5) is 258. The van der Waals surface area contributed by atoms with Gasteiger partial charge in [-0.05, 0) is 101 Å². The molecule has 47 heteroatoms. The van der Waals surface area contributed by atoms with E-state index in [9.17, 15) is 117 Å². The summed E-state index contributed by atoms with van der Waals surface area (Å²) in [6, 6.07) is -16.7. The molecule has 0 radical (unpaired) electrons. The summed E-state index contributed by atoms with van der Waals surface area (Å²) in [5, 5.41) is 99.9. The van der Waals surface area contributed by atoms with Gasteiger partial charge in [-0.1, -0.05) is 71.9 Å². The van der Waals surface area contributed by atoms with E-state index >= 15 is 0 Å². The van der Waals surface area contributed by atoms with Crippen molar-refractivity contribution in [2.45, 2.75) is 242 Å². The molecule has 1 aliphatic rings. The molecule has 1 aliphatic heterocycles. The molecule has 1 saturated heterocycles. The first-order chi connectivity index (χ1) is 56.2.